The Hall–Kier alpha value is -1.13. The van der Waals surface area contributed by atoms with Crippen LogP contribution in [-0.2, 0) is 4.74 Å². The molecule has 1 atom stereocenters. The van der Waals surface area contributed by atoms with Crippen LogP contribution in [0.1, 0.15) is 0 Å². The third-order valence-electron chi connectivity index (χ3n) is 1.33. The Morgan fingerprint density at radius 1 is 0.882 bits per heavy atom. The van der Waals surface area contributed by atoms with Gasteiger partial charge in [0.1, 0.15) is 0 Å². The Bertz CT molecular complexity index is 300. The summed E-state index contributed by atoms with van der Waals surface area (Å²) in [6.07, 6.45) is -18.4. The molecule has 0 aromatic carbocycles. The predicted molar refractivity (Wildman–Crippen MR) is 33.3 cm³/mol. The summed E-state index contributed by atoms with van der Waals surface area (Å²) in [5, 5.41) is 7.82. The van der Waals surface area contributed by atoms with Gasteiger partial charge in [-0.25, -0.2) is 0 Å². The van der Waals surface area contributed by atoms with Gasteiger partial charge in [-0.05, 0) is 0 Å². The van der Waals surface area contributed by atoms with Crippen molar-refractivity contribution in [2.45, 2.75) is 24.3 Å². The molecule has 0 amide bonds. The van der Waals surface area contributed by atoms with E-state index in [1.165, 1.54) is 0 Å². The third-order valence-corrected chi connectivity index (χ3v) is 1.33. The molecule has 11 heteroatoms. The molecule has 0 aliphatic heterocycles. The molecule has 0 bridgehead atoms. The fourth-order valence-electron chi connectivity index (χ4n) is 0.445. The number of aliphatic hydroxyl groups is 1. The summed E-state index contributed by atoms with van der Waals surface area (Å²) >= 11 is 0. The summed E-state index contributed by atoms with van der Waals surface area (Å²) in [6, 6.07) is 0. The van der Waals surface area contributed by atoms with Crippen LogP contribution in [0, 0.1) is 0 Å². The highest BCUT2D eigenvalue weighted by Gasteiger charge is 2.74. The van der Waals surface area contributed by atoms with Crippen molar-refractivity contribution >= 4 is 0 Å². The molecule has 17 heavy (non-hydrogen) atoms. The lowest BCUT2D eigenvalue weighted by Gasteiger charge is -2.30. The van der Waals surface area contributed by atoms with Gasteiger partial charge in [0.05, 0.1) is 0 Å². The number of rotatable bonds is 3. The summed E-state index contributed by atoms with van der Waals surface area (Å²) < 4.78 is 109. The Kier molecular flexibility index (Phi) is 3.70. The van der Waals surface area contributed by atoms with Gasteiger partial charge < -0.3 is 9.84 Å². The normalized spacial score (nSPS) is 17.5. The summed E-state index contributed by atoms with van der Waals surface area (Å²) in [5.74, 6) is -9.07. The minimum atomic E-state index is -6.55. The van der Waals surface area contributed by atoms with E-state index in [0.717, 1.165) is 0 Å². The van der Waals surface area contributed by atoms with E-state index in [2.05, 4.69) is 4.74 Å². The molecule has 0 aromatic heterocycles. The summed E-state index contributed by atoms with van der Waals surface area (Å²) in [6.45, 7) is 1.83. The fourth-order valence-corrected chi connectivity index (χ4v) is 0.445. The largest absolute Gasteiger partial charge is 0.469 e. The van der Waals surface area contributed by atoms with Gasteiger partial charge in [-0.1, -0.05) is 6.58 Å². The fraction of sp³-hybridized carbons (Fsp3) is 0.667. The number of alkyl halides is 9. The van der Waals surface area contributed by atoms with E-state index in [9.17, 15) is 39.5 Å². The lowest BCUT2D eigenvalue weighted by Crippen LogP contribution is -2.56. The van der Waals surface area contributed by atoms with Crippen LogP contribution in [0.15, 0.2) is 12.3 Å². The average Bonchev–Trinajstić information content (AvgIpc) is 1.98. The molecule has 0 saturated heterocycles. The SMILES string of the molecule is C=C(OC(F)(F)C(O)(F)C(F)(F)F)C(F)(F)F. The van der Waals surface area contributed by atoms with Crippen LogP contribution in [0.25, 0.3) is 0 Å². The minimum Gasteiger partial charge on any atom is -0.423 e. The second-order valence-corrected chi connectivity index (χ2v) is 2.66. The molecule has 0 aromatic rings. The second-order valence-electron chi connectivity index (χ2n) is 2.66. The van der Waals surface area contributed by atoms with Gasteiger partial charge in [0.15, 0.2) is 5.76 Å². The highest BCUT2D eigenvalue weighted by molar-refractivity contribution is 4.96. The standard InChI is InChI=1S/C6H3F9O2/c1-2(3(7,8)9)17-6(14,15)4(10,16)5(11,12)13/h16H,1H2. The minimum absolute atomic E-state index is 1.83. The molecule has 0 heterocycles. The van der Waals surface area contributed by atoms with Gasteiger partial charge in [0.2, 0.25) is 0 Å². The maximum atomic E-state index is 12.4. The summed E-state index contributed by atoms with van der Waals surface area (Å²) in [5.41, 5.74) is 0. The first-order chi connectivity index (χ1) is 7.13. The zero-order chi connectivity index (χ0) is 14.3. The molecule has 0 fully saturated rings. The molecule has 2 nitrogen and oxygen atoms in total. The highest BCUT2D eigenvalue weighted by Crippen LogP contribution is 2.45. The number of ether oxygens (including phenoxy) is 1. The van der Waals surface area contributed by atoms with E-state index < -0.39 is 30.1 Å². The maximum absolute atomic E-state index is 12.4. The monoisotopic (exact) mass is 278 g/mol. The number of hydrogen-bond donors (Lipinski definition) is 1. The smallest absolute Gasteiger partial charge is 0.423 e. The van der Waals surface area contributed by atoms with Gasteiger partial charge in [-0.15, -0.1) is 0 Å². The van der Waals surface area contributed by atoms with E-state index in [1.54, 1.807) is 0 Å². The molecular weight excluding hydrogens is 275 g/mol. The van der Waals surface area contributed by atoms with Crippen LogP contribution in [0.5, 0.6) is 0 Å². The van der Waals surface area contributed by atoms with Crippen LogP contribution in [0.4, 0.5) is 39.5 Å². The Balaban J connectivity index is 5.12. The van der Waals surface area contributed by atoms with Crippen LogP contribution < -0.4 is 0 Å². The van der Waals surface area contributed by atoms with Gasteiger partial charge in [-0.3, -0.25) is 0 Å². The molecular formula is C6H3F9O2. The lowest BCUT2D eigenvalue weighted by atomic mass is 10.3. The number of halogens is 9. The van der Waals surface area contributed by atoms with Crippen molar-refractivity contribution in [2.24, 2.45) is 0 Å². The topological polar surface area (TPSA) is 29.5 Å². The molecule has 0 spiro atoms. The van der Waals surface area contributed by atoms with Crippen LogP contribution in [0.3, 0.4) is 0 Å². The summed E-state index contributed by atoms with van der Waals surface area (Å²) in [7, 11) is 0. The van der Waals surface area contributed by atoms with Crippen molar-refractivity contribution in [2.75, 3.05) is 0 Å². The van der Waals surface area contributed by atoms with Crippen LogP contribution in [0.2, 0.25) is 0 Å². The zero-order valence-corrected chi connectivity index (χ0v) is 7.46. The summed E-state index contributed by atoms with van der Waals surface area (Å²) in [4.78, 5) is 0. The van der Waals surface area contributed by atoms with Crippen molar-refractivity contribution in [1.82, 2.24) is 0 Å². The van der Waals surface area contributed by atoms with Crippen molar-refractivity contribution in [3.05, 3.63) is 12.3 Å². The third kappa shape index (κ3) is 3.17. The first-order valence-corrected chi connectivity index (χ1v) is 3.44. The van der Waals surface area contributed by atoms with Crippen LogP contribution in [-0.4, -0.2) is 29.4 Å². The van der Waals surface area contributed by atoms with Crippen molar-refractivity contribution < 1.29 is 49.4 Å². The molecule has 102 valence electrons. The molecule has 0 saturated carbocycles. The van der Waals surface area contributed by atoms with Gasteiger partial charge in [0, 0.05) is 0 Å². The molecule has 1 unspecified atom stereocenters. The first kappa shape index (κ1) is 15.9. The molecule has 0 aliphatic rings. The highest BCUT2D eigenvalue weighted by atomic mass is 19.4. The Labute approximate surface area is 87.3 Å². The van der Waals surface area contributed by atoms with Crippen molar-refractivity contribution in [3.63, 3.8) is 0 Å². The number of allylic oxidation sites excluding steroid dienone is 1. The van der Waals surface area contributed by atoms with E-state index in [4.69, 9.17) is 5.11 Å². The first-order valence-electron chi connectivity index (χ1n) is 3.44. The van der Waals surface area contributed by atoms with E-state index in [-0.39, 0.29) is 0 Å². The molecule has 1 N–H and O–H groups in total. The van der Waals surface area contributed by atoms with Crippen molar-refractivity contribution in [3.8, 4) is 0 Å². The second kappa shape index (κ2) is 3.96. The van der Waals surface area contributed by atoms with Gasteiger partial charge in [-0.2, -0.15) is 39.5 Å². The van der Waals surface area contributed by atoms with Gasteiger partial charge in [0.25, 0.3) is 0 Å². The zero-order valence-electron chi connectivity index (χ0n) is 7.46. The Morgan fingerprint density at radius 2 is 1.24 bits per heavy atom. The average molecular weight is 278 g/mol. The predicted octanol–water partition coefficient (Wildman–Crippen LogP) is 2.89. The molecule has 0 radical (unpaired) electrons. The molecule has 0 rings (SSSR count). The Morgan fingerprint density at radius 3 is 1.47 bits per heavy atom. The number of hydrogen-bond acceptors (Lipinski definition) is 2. The lowest BCUT2D eigenvalue weighted by molar-refractivity contribution is -0.445. The van der Waals surface area contributed by atoms with Gasteiger partial charge >= 0.3 is 24.3 Å². The molecule has 0 aliphatic carbocycles. The van der Waals surface area contributed by atoms with Crippen molar-refractivity contribution in [1.29, 1.82) is 0 Å². The quantitative estimate of drug-likeness (QED) is 0.635. The van der Waals surface area contributed by atoms with Crippen LogP contribution >= 0.6 is 0 Å². The maximum Gasteiger partial charge on any atom is 0.469 e. The van der Waals surface area contributed by atoms with E-state index in [1.807, 2.05) is 6.58 Å². The van der Waals surface area contributed by atoms with E-state index >= 15 is 0 Å². The van der Waals surface area contributed by atoms with E-state index in [0.29, 0.717) is 0 Å².